The van der Waals surface area contributed by atoms with Gasteiger partial charge in [-0.3, -0.25) is 0 Å². The maximum atomic E-state index is 14.7. The van der Waals surface area contributed by atoms with E-state index >= 15 is 0 Å². The number of benzene rings is 1. The first-order valence-electron chi connectivity index (χ1n) is 7.89. The molecule has 0 aliphatic heterocycles. The van der Waals surface area contributed by atoms with E-state index in [1.54, 1.807) is 19.1 Å². The molecule has 0 aliphatic carbocycles. The van der Waals surface area contributed by atoms with Gasteiger partial charge in [-0.15, -0.1) is 0 Å². The Morgan fingerprint density at radius 1 is 1.25 bits per heavy atom. The normalized spacial score (nSPS) is 14.5. The highest BCUT2D eigenvalue weighted by atomic mass is 35.5. The molecule has 0 fully saturated rings. The SMILES string of the molecule is Cc1[nH]c(C(Nc2ccc(Cl)cn2)c2ccc(F)c(Cl)c2F)nc1[S@@](C)(=N)=O. The molecule has 11 heteroatoms. The molecule has 0 aliphatic rings. The summed E-state index contributed by atoms with van der Waals surface area (Å²) in [6, 6.07) is 4.45. The van der Waals surface area contributed by atoms with Gasteiger partial charge in [-0.1, -0.05) is 29.3 Å². The molecule has 1 unspecified atom stereocenters. The first-order valence-corrected chi connectivity index (χ1v) is 10.6. The largest absolute Gasteiger partial charge is 0.356 e. The average molecular weight is 446 g/mol. The number of aromatic amines is 1. The molecule has 1 aromatic carbocycles. The van der Waals surface area contributed by atoms with E-state index in [2.05, 4.69) is 20.3 Å². The summed E-state index contributed by atoms with van der Waals surface area (Å²) < 4.78 is 48.2. The Hall–Kier alpha value is -2.23. The summed E-state index contributed by atoms with van der Waals surface area (Å²) in [6.45, 7) is 1.61. The number of H-pyrrole nitrogens is 1. The van der Waals surface area contributed by atoms with Crippen LogP contribution in [-0.2, 0) is 9.73 Å². The van der Waals surface area contributed by atoms with E-state index in [9.17, 15) is 13.0 Å². The quantitative estimate of drug-likeness (QED) is 0.484. The topological polar surface area (TPSA) is 94.5 Å². The Labute approximate surface area is 170 Å². The standard InChI is InChI=1S/C17H15Cl2F2N5OS/c1-8-17(28(2,22)27)26-16(24-8)15(25-12-6-3-9(18)7-23-12)10-4-5-11(20)13(19)14(10)21/h3-7,15,22H,1-2H3,(H,23,25)(H,24,26)/t15?,28-/m0/s1. The highest BCUT2D eigenvalue weighted by Crippen LogP contribution is 2.32. The van der Waals surface area contributed by atoms with Gasteiger partial charge in [0.2, 0.25) is 0 Å². The number of aromatic nitrogens is 3. The number of anilines is 1. The van der Waals surface area contributed by atoms with Crippen molar-refractivity contribution in [2.75, 3.05) is 11.6 Å². The first kappa shape index (κ1) is 20.5. The number of hydrogen-bond donors (Lipinski definition) is 3. The molecule has 3 rings (SSSR count). The van der Waals surface area contributed by atoms with Crippen molar-refractivity contribution in [3.63, 3.8) is 0 Å². The van der Waals surface area contributed by atoms with Gasteiger partial charge in [0, 0.05) is 23.7 Å². The van der Waals surface area contributed by atoms with Gasteiger partial charge in [-0.2, -0.15) is 0 Å². The number of hydrogen-bond acceptors (Lipinski definition) is 5. The summed E-state index contributed by atoms with van der Waals surface area (Å²) in [4.78, 5) is 11.2. The van der Waals surface area contributed by atoms with Crippen LogP contribution in [0.1, 0.15) is 23.1 Å². The minimum atomic E-state index is -3.11. The van der Waals surface area contributed by atoms with E-state index < -0.39 is 32.4 Å². The maximum absolute atomic E-state index is 14.7. The van der Waals surface area contributed by atoms with E-state index in [4.69, 9.17) is 28.0 Å². The average Bonchev–Trinajstić information content (AvgIpc) is 3.02. The lowest BCUT2D eigenvalue weighted by Crippen LogP contribution is -2.17. The van der Waals surface area contributed by atoms with Crippen molar-refractivity contribution in [1.82, 2.24) is 15.0 Å². The van der Waals surface area contributed by atoms with Gasteiger partial charge >= 0.3 is 0 Å². The molecule has 2 atom stereocenters. The van der Waals surface area contributed by atoms with E-state index in [1.165, 1.54) is 18.5 Å². The third-order valence-electron chi connectivity index (χ3n) is 3.90. The molecular weight excluding hydrogens is 431 g/mol. The highest BCUT2D eigenvalue weighted by Gasteiger charge is 2.26. The summed E-state index contributed by atoms with van der Waals surface area (Å²) in [7, 11) is -3.11. The van der Waals surface area contributed by atoms with Crippen LogP contribution in [0.25, 0.3) is 0 Å². The molecule has 2 aromatic heterocycles. The zero-order valence-electron chi connectivity index (χ0n) is 14.7. The zero-order chi connectivity index (χ0) is 20.6. The fourth-order valence-electron chi connectivity index (χ4n) is 2.65. The Balaban J connectivity index is 2.15. The van der Waals surface area contributed by atoms with Gasteiger partial charge in [-0.05, 0) is 25.1 Å². The summed E-state index contributed by atoms with van der Waals surface area (Å²) in [6.07, 6.45) is 2.63. The van der Waals surface area contributed by atoms with Crippen LogP contribution in [0.15, 0.2) is 35.5 Å². The molecule has 148 valence electrons. The molecule has 0 amide bonds. The monoisotopic (exact) mass is 445 g/mol. The van der Waals surface area contributed by atoms with Crippen LogP contribution in [0.5, 0.6) is 0 Å². The number of halogens is 4. The van der Waals surface area contributed by atoms with Crippen LogP contribution in [0.2, 0.25) is 10.0 Å². The molecule has 0 saturated carbocycles. The van der Waals surface area contributed by atoms with Crippen LogP contribution < -0.4 is 5.32 Å². The fourth-order valence-corrected chi connectivity index (χ4v) is 3.84. The zero-order valence-corrected chi connectivity index (χ0v) is 17.0. The van der Waals surface area contributed by atoms with E-state index in [1.807, 2.05) is 0 Å². The molecule has 0 saturated heterocycles. The molecule has 6 nitrogen and oxygen atoms in total. The van der Waals surface area contributed by atoms with Crippen LogP contribution in [0.4, 0.5) is 14.6 Å². The van der Waals surface area contributed by atoms with Crippen molar-refractivity contribution < 1.29 is 13.0 Å². The Morgan fingerprint density at radius 2 is 1.96 bits per heavy atom. The van der Waals surface area contributed by atoms with Gasteiger partial charge in [0.1, 0.15) is 28.5 Å². The van der Waals surface area contributed by atoms with Crippen molar-refractivity contribution in [1.29, 1.82) is 4.78 Å². The number of nitrogens with one attached hydrogen (secondary N) is 3. The summed E-state index contributed by atoms with van der Waals surface area (Å²) in [5.41, 5.74) is 0.401. The van der Waals surface area contributed by atoms with Crippen molar-refractivity contribution in [3.8, 4) is 0 Å². The van der Waals surface area contributed by atoms with Crippen molar-refractivity contribution in [2.45, 2.75) is 18.0 Å². The van der Waals surface area contributed by atoms with Crippen LogP contribution in [0, 0.1) is 23.3 Å². The van der Waals surface area contributed by atoms with E-state index in [-0.39, 0.29) is 16.4 Å². The van der Waals surface area contributed by atoms with Crippen LogP contribution in [0.3, 0.4) is 0 Å². The minimum Gasteiger partial charge on any atom is -0.356 e. The van der Waals surface area contributed by atoms with Gasteiger partial charge in [0.15, 0.2) is 10.8 Å². The third-order valence-corrected chi connectivity index (χ3v) is 5.60. The number of rotatable bonds is 5. The molecule has 0 spiro atoms. The summed E-state index contributed by atoms with van der Waals surface area (Å²) in [5, 5.41) is 2.78. The second-order valence-electron chi connectivity index (χ2n) is 6.10. The number of imidazole rings is 1. The number of aryl methyl sites for hydroxylation is 1. The van der Waals surface area contributed by atoms with Crippen molar-refractivity contribution in [2.24, 2.45) is 0 Å². The Kier molecular flexibility index (Phi) is 5.60. The fraction of sp³-hybridized carbons (Fsp3) is 0.176. The van der Waals surface area contributed by atoms with Crippen molar-refractivity contribution in [3.05, 3.63) is 69.2 Å². The summed E-state index contributed by atoms with van der Waals surface area (Å²) in [5.74, 6) is -1.35. The first-order chi connectivity index (χ1) is 13.1. The highest BCUT2D eigenvalue weighted by molar-refractivity contribution is 7.91. The predicted octanol–water partition coefficient (Wildman–Crippen LogP) is 4.94. The number of pyridine rings is 1. The van der Waals surface area contributed by atoms with Gasteiger partial charge in [0.05, 0.1) is 14.8 Å². The molecule has 28 heavy (non-hydrogen) atoms. The maximum Gasteiger partial charge on any atom is 0.156 e. The third kappa shape index (κ3) is 4.11. The predicted molar refractivity (Wildman–Crippen MR) is 104 cm³/mol. The molecule has 2 heterocycles. The Morgan fingerprint density at radius 3 is 2.54 bits per heavy atom. The van der Waals surface area contributed by atoms with Crippen LogP contribution in [-0.4, -0.2) is 25.4 Å². The minimum absolute atomic E-state index is 0.00367. The lowest BCUT2D eigenvalue weighted by atomic mass is 10.1. The smallest absolute Gasteiger partial charge is 0.156 e. The molecule has 3 N–H and O–H groups in total. The van der Waals surface area contributed by atoms with Crippen LogP contribution >= 0.6 is 23.2 Å². The second kappa shape index (κ2) is 7.65. The van der Waals surface area contributed by atoms with E-state index in [0.29, 0.717) is 16.5 Å². The molecule has 3 aromatic rings. The van der Waals surface area contributed by atoms with Gasteiger partial charge in [-0.25, -0.2) is 27.7 Å². The van der Waals surface area contributed by atoms with Gasteiger partial charge in [0.25, 0.3) is 0 Å². The van der Waals surface area contributed by atoms with Crippen molar-refractivity contribution >= 4 is 38.7 Å². The number of nitrogens with zero attached hydrogens (tertiary/aromatic N) is 2. The second-order valence-corrected chi connectivity index (χ2v) is 8.99. The summed E-state index contributed by atoms with van der Waals surface area (Å²) >= 11 is 11.6. The molecule has 0 radical (unpaired) electrons. The lowest BCUT2D eigenvalue weighted by molar-refractivity contribution is 0.567. The van der Waals surface area contributed by atoms with E-state index in [0.717, 1.165) is 6.07 Å². The Bertz CT molecular complexity index is 1130. The molecule has 0 bridgehead atoms. The van der Waals surface area contributed by atoms with Gasteiger partial charge < -0.3 is 10.3 Å². The molecular formula is C17H15Cl2F2N5OS. The lowest BCUT2D eigenvalue weighted by Gasteiger charge is -2.19.